The summed E-state index contributed by atoms with van der Waals surface area (Å²) in [7, 11) is 1.59. The number of ether oxygens (including phenoxy) is 2. The van der Waals surface area contributed by atoms with Crippen molar-refractivity contribution in [3.63, 3.8) is 0 Å². The Labute approximate surface area is 94.8 Å². The van der Waals surface area contributed by atoms with Crippen LogP contribution in [0, 0.1) is 5.82 Å². The van der Waals surface area contributed by atoms with Crippen molar-refractivity contribution in [3.8, 4) is 5.75 Å². The first-order valence-corrected chi connectivity index (χ1v) is 5.17. The summed E-state index contributed by atoms with van der Waals surface area (Å²) in [5, 5.41) is 9.47. The lowest BCUT2D eigenvalue weighted by Gasteiger charge is -2.16. The fraction of sp³-hybridized carbons (Fsp3) is 0.500. The Bertz CT molecular complexity index is 339. The maximum Gasteiger partial charge on any atom is 0.125 e. The molecule has 0 heterocycles. The van der Waals surface area contributed by atoms with E-state index < -0.39 is 6.10 Å². The molecule has 0 aliphatic heterocycles. The highest BCUT2D eigenvalue weighted by molar-refractivity contribution is 5.35. The van der Waals surface area contributed by atoms with Gasteiger partial charge in [0.05, 0.1) is 12.2 Å². The van der Waals surface area contributed by atoms with Crippen molar-refractivity contribution in [2.75, 3.05) is 13.7 Å². The van der Waals surface area contributed by atoms with Crippen molar-refractivity contribution in [2.24, 2.45) is 0 Å². The number of methoxy groups -OCH3 is 1. The standard InChI is InChI=1S/C12H17FO3/c1-8(15-3)7-16-12-5-4-10(13)6-11(12)9(2)14/h4-6,8-9,14H,7H2,1-3H3. The molecule has 1 aromatic carbocycles. The highest BCUT2D eigenvalue weighted by Gasteiger charge is 2.11. The van der Waals surface area contributed by atoms with Gasteiger partial charge in [0.1, 0.15) is 18.2 Å². The van der Waals surface area contributed by atoms with E-state index in [1.807, 2.05) is 6.92 Å². The molecular formula is C12H17FO3. The number of rotatable bonds is 5. The highest BCUT2D eigenvalue weighted by atomic mass is 19.1. The molecule has 0 aliphatic carbocycles. The molecule has 0 aromatic heterocycles. The summed E-state index contributed by atoms with van der Waals surface area (Å²) in [5.41, 5.74) is 0.448. The number of hydrogen-bond acceptors (Lipinski definition) is 3. The van der Waals surface area contributed by atoms with Crippen LogP contribution in [-0.2, 0) is 4.74 Å². The minimum atomic E-state index is -0.761. The summed E-state index contributed by atoms with van der Waals surface area (Å²) in [5.74, 6) is 0.100. The second kappa shape index (κ2) is 5.82. The molecule has 90 valence electrons. The zero-order chi connectivity index (χ0) is 12.1. The maximum atomic E-state index is 13.0. The van der Waals surface area contributed by atoms with E-state index in [-0.39, 0.29) is 11.9 Å². The number of aliphatic hydroxyl groups excluding tert-OH is 1. The first-order valence-electron chi connectivity index (χ1n) is 5.17. The molecule has 0 bridgehead atoms. The fourth-order valence-corrected chi connectivity index (χ4v) is 1.25. The Kier molecular flexibility index (Phi) is 4.71. The van der Waals surface area contributed by atoms with Gasteiger partial charge in [-0.1, -0.05) is 0 Å². The van der Waals surface area contributed by atoms with Crippen LogP contribution in [0.15, 0.2) is 18.2 Å². The van der Waals surface area contributed by atoms with Crippen LogP contribution in [0.25, 0.3) is 0 Å². The van der Waals surface area contributed by atoms with E-state index >= 15 is 0 Å². The number of halogens is 1. The molecule has 2 unspecified atom stereocenters. The maximum absolute atomic E-state index is 13.0. The van der Waals surface area contributed by atoms with E-state index in [2.05, 4.69) is 0 Å². The summed E-state index contributed by atoms with van der Waals surface area (Å²) in [6.07, 6.45) is -0.810. The molecule has 2 atom stereocenters. The predicted octanol–water partition coefficient (Wildman–Crippen LogP) is 2.29. The van der Waals surface area contributed by atoms with Gasteiger partial charge >= 0.3 is 0 Å². The van der Waals surface area contributed by atoms with Gasteiger partial charge in [-0.25, -0.2) is 4.39 Å². The molecule has 3 nitrogen and oxygen atoms in total. The van der Waals surface area contributed by atoms with E-state index in [0.29, 0.717) is 17.9 Å². The third-order valence-corrected chi connectivity index (χ3v) is 2.30. The summed E-state index contributed by atoms with van der Waals surface area (Å²) in [6.45, 7) is 3.80. The fourth-order valence-electron chi connectivity index (χ4n) is 1.25. The lowest BCUT2D eigenvalue weighted by Crippen LogP contribution is -2.16. The van der Waals surface area contributed by atoms with Crippen LogP contribution in [0.4, 0.5) is 4.39 Å². The number of benzene rings is 1. The van der Waals surface area contributed by atoms with Gasteiger partial charge in [0.15, 0.2) is 0 Å². The third kappa shape index (κ3) is 3.47. The lowest BCUT2D eigenvalue weighted by atomic mass is 10.1. The van der Waals surface area contributed by atoms with Crippen LogP contribution in [0.2, 0.25) is 0 Å². The second-order valence-electron chi connectivity index (χ2n) is 3.72. The Hall–Kier alpha value is -1.13. The van der Waals surface area contributed by atoms with Crippen molar-refractivity contribution in [2.45, 2.75) is 26.1 Å². The Morgan fingerprint density at radius 2 is 2.06 bits per heavy atom. The average molecular weight is 228 g/mol. The van der Waals surface area contributed by atoms with Gasteiger partial charge in [-0.05, 0) is 32.0 Å². The summed E-state index contributed by atoms with van der Waals surface area (Å²) in [6, 6.07) is 4.09. The molecule has 0 aliphatic rings. The van der Waals surface area contributed by atoms with E-state index in [0.717, 1.165) is 0 Å². The van der Waals surface area contributed by atoms with Crippen LogP contribution in [0.5, 0.6) is 5.75 Å². The van der Waals surface area contributed by atoms with E-state index in [1.54, 1.807) is 14.0 Å². The van der Waals surface area contributed by atoms with E-state index in [9.17, 15) is 9.50 Å². The van der Waals surface area contributed by atoms with Gasteiger partial charge in [0.2, 0.25) is 0 Å². The van der Waals surface area contributed by atoms with Gasteiger partial charge in [0, 0.05) is 12.7 Å². The summed E-state index contributed by atoms with van der Waals surface area (Å²) < 4.78 is 23.5. The van der Waals surface area contributed by atoms with Gasteiger partial charge in [-0.15, -0.1) is 0 Å². The van der Waals surface area contributed by atoms with Gasteiger partial charge < -0.3 is 14.6 Å². The molecule has 1 rings (SSSR count). The molecular weight excluding hydrogens is 211 g/mol. The minimum absolute atomic E-state index is 0.0492. The second-order valence-corrected chi connectivity index (χ2v) is 3.72. The van der Waals surface area contributed by atoms with Crippen LogP contribution in [-0.4, -0.2) is 24.9 Å². The molecule has 0 amide bonds. The monoisotopic (exact) mass is 228 g/mol. The molecule has 0 saturated carbocycles. The predicted molar refractivity (Wildman–Crippen MR) is 59.0 cm³/mol. The molecule has 0 saturated heterocycles. The van der Waals surface area contributed by atoms with Crippen molar-refractivity contribution in [3.05, 3.63) is 29.6 Å². The van der Waals surface area contributed by atoms with Gasteiger partial charge in [0.25, 0.3) is 0 Å². The largest absolute Gasteiger partial charge is 0.491 e. The third-order valence-electron chi connectivity index (χ3n) is 2.30. The van der Waals surface area contributed by atoms with Crippen LogP contribution < -0.4 is 4.74 Å². The van der Waals surface area contributed by atoms with Crippen molar-refractivity contribution >= 4 is 0 Å². The summed E-state index contributed by atoms with van der Waals surface area (Å²) >= 11 is 0. The smallest absolute Gasteiger partial charge is 0.125 e. The first-order chi connectivity index (χ1) is 7.54. The number of aliphatic hydroxyl groups is 1. The topological polar surface area (TPSA) is 38.7 Å². The van der Waals surface area contributed by atoms with E-state index in [4.69, 9.17) is 9.47 Å². The highest BCUT2D eigenvalue weighted by Crippen LogP contribution is 2.26. The van der Waals surface area contributed by atoms with Gasteiger partial charge in [-0.3, -0.25) is 0 Å². The minimum Gasteiger partial charge on any atom is -0.491 e. The van der Waals surface area contributed by atoms with Crippen LogP contribution in [0.3, 0.4) is 0 Å². The van der Waals surface area contributed by atoms with Crippen LogP contribution >= 0.6 is 0 Å². The Morgan fingerprint density at radius 3 is 2.62 bits per heavy atom. The van der Waals surface area contributed by atoms with Crippen molar-refractivity contribution in [1.82, 2.24) is 0 Å². The molecule has 1 N–H and O–H groups in total. The molecule has 16 heavy (non-hydrogen) atoms. The SMILES string of the molecule is COC(C)COc1ccc(F)cc1C(C)O. The lowest BCUT2D eigenvalue weighted by molar-refractivity contribution is 0.0699. The first kappa shape index (κ1) is 12.9. The normalized spacial score (nSPS) is 14.6. The average Bonchev–Trinajstić information content (AvgIpc) is 2.26. The molecule has 0 radical (unpaired) electrons. The van der Waals surface area contributed by atoms with E-state index in [1.165, 1.54) is 18.2 Å². The quantitative estimate of drug-likeness (QED) is 0.840. The molecule has 1 aromatic rings. The van der Waals surface area contributed by atoms with Crippen molar-refractivity contribution < 1.29 is 19.0 Å². The van der Waals surface area contributed by atoms with Crippen LogP contribution in [0.1, 0.15) is 25.5 Å². The van der Waals surface area contributed by atoms with Crippen molar-refractivity contribution in [1.29, 1.82) is 0 Å². The van der Waals surface area contributed by atoms with Gasteiger partial charge in [-0.2, -0.15) is 0 Å². The zero-order valence-corrected chi connectivity index (χ0v) is 9.74. The summed E-state index contributed by atoms with van der Waals surface area (Å²) in [4.78, 5) is 0. The Balaban J connectivity index is 2.78. The molecule has 4 heteroatoms. The molecule has 0 spiro atoms. The molecule has 0 fully saturated rings. The zero-order valence-electron chi connectivity index (χ0n) is 9.74. The number of hydrogen-bond donors (Lipinski definition) is 1. The Morgan fingerprint density at radius 1 is 1.38 bits per heavy atom.